The summed E-state index contributed by atoms with van der Waals surface area (Å²) in [7, 11) is 1.43. The lowest BCUT2D eigenvalue weighted by molar-refractivity contribution is 0.397. The van der Waals surface area contributed by atoms with E-state index in [0.29, 0.717) is 10.8 Å². The maximum atomic E-state index is 12.3. The molecule has 1 rings (SSSR count). The minimum atomic E-state index is -0.863. The van der Waals surface area contributed by atoms with Crippen LogP contribution in [0.3, 0.4) is 0 Å². The molecule has 0 heterocycles. The van der Waals surface area contributed by atoms with Crippen molar-refractivity contribution in [3.63, 3.8) is 0 Å². The molecule has 1 aromatic rings. The lowest BCUT2D eigenvalue weighted by Crippen LogP contribution is -2.12. The van der Waals surface area contributed by atoms with Gasteiger partial charge in [-0.25, -0.2) is 4.39 Å². The van der Waals surface area contributed by atoms with Gasteiger partial charge in [0.05, 0.1) is 18.2 Å². The van der Waals surface area contributed by atoms with Gasteiger partial charge in [0.25, 0.3) is 0 Å². The highest BCUT2D eigenvalue weighted by Gasteiger charge is 2.14. The molecule has 0 aliphatic carbocycles. The molecule has 0 amide bonds. The molecule has 0 spiro atoms. The predicted octanol–water partition coefficient (Wildman–Crippen LogP) is 2.02. The number of hydrogen-bond acceptors (Lipinski definition) is 3. The van der Waals surface area contributed by atoms with Gasteiger partial charge in [0, 0.05) is 11.6 Å². The second kappa shape index (κ2) is 4.48. The molecule has 0 fully saturated rings. The van der Waals surface area contributed by atoms with Crippen LogP contribution < -0.4 is 10.5 Å². The fourth-order valence-corrected chi connectivity index (χ4v) is 1.34. The standard InChI is InChI=1S/C9H11ClFNO2/c1-14-9-3-8(13)5(2-6(9)10)7(12)4-11/h2-3,7,13H,4,12H2,1H3/t7-/m1/s1. The Hall–Kier alpha value is -1.00. The first-order valence-corrected chi connectivity index (χ1v) is 4.36. The van der Waals surface area contributed by atoms with Crippen LogP contribution in [0.15, 0.2) is 12.1 Å². The van der Waals surface area contributed by atoms with Gasteiger partial charge in [0.15, 0.2) is 0 Å². The Morgan fingerprint density at radius 2 is 2.29 bits per heavy atom. The van der Waals surface area contributed by atoms with E-state index in [9.17, 15) is 9.50 Å². The second-order valence-electron chi connectivity index (χ2n) is 2.81. The Balaban J connectivity index is 3.14. The number of phenols is 1. The smallest absolute Gasteiger partial charge is 0.141 e. The van der Waals surface area contributed by atoms with Gasteiger partial charge in [-0.05, 0) is 6.07 Å². The fraction of sp³-hybridized carbons (Fsp3) is 0.333. The zero-order valence-electron chi connectivity index (χ0n) is 7.63. The molecular weight excluding hydrogens is 209 g/mol. The van der Waals surface area contributed by atoms with Gasteiger partial charge in [-0.15, -0.1) is 0 Å². The monoisotopic (exact) mass is 219 g/mol. The quantitative estimate of drug-likeness (QED) is 0.818. The maximum absolute atomic E-state index is 12.3. The van der Waals surface area contributed by atoms with Crippen molar-refractivity contribution in [2.75, 3.05) is 13.8 Å². The van der Waals surface area contributed by atoms with Crippen molar-refractivity contribution in [2.24, 2.45) is 5.73 Å². The van der Waals surface area contributed by atoms with Crippen LogP contribution in [0, 0.1) is 0 Å². The largest absolute Gasteiger partial charge is 0.507 e. The summed E-state index contributed by atoms with van der Waals surface area (Å²) in [5, 5.41) is 9.76. The van der Waals surface area contributed by atoms with Crippen molar-refractivity contribution in [1.82, 2.24) is 0 Å². The number of halogens is 2. The minimum Gasteiger partial charge on any atom is -0.507 e. The van der Waals surface area contributed by atoms with Crippen LogP contribution in [0.25, 0.3) is 0 Å². The van der Waals surface area contributed by atoms with Crippen molar-refractivity contribution in [2.45, 2.75) is 6.04 Å². The van der Waals surface area contributed by atoms with E-state index in [1.165, 1.54) is 19.2 Å². The third-order valence-electron chi connectivity index (χ3n) is 1.87. The number of benzene rings is 1. The molecule has 3 N–H and O–H groups in total. The van der Waals surface area contributed by atoms with E-state index < -0.39 is 12.7 Å². The number of nitrogens with two attached hydrogens (primary N) is 1. The number of phenolic OH excluding ortho intramolecular Hbond substituents is 1. The SMILES string of the molecule is COc1cc(O)c([C@H](N)CF)cc1Cl. The van der Waals surface area contributed by atoms with E-state index in [1.807, 2.05) is 0 Å². The van der Waals surface area contributed by atoms with Gasteiger partial charge in [0.1, 0.15) is 18.2 Å². The number of methoxy groups -OCH3 is 1. The second-order valence-corrected chi connectivity index (χ2v) is 3.21. The molecule has 3 nitrogen and oxygen atoms in total. The number of hydrogen-bond donors (Lipinski definition) is 2. The molecule has 5 heteroatoms. The molecular formula is C9H11ClFNO2. The zero-order valence-corrected chi connectivity index (χ0v) is 8.38. The summed E-state index contributed by atoms with van der Waals surface area (Å²) in [6.07, 6.45) is 0. The van der Waals surface area contributed by atoms with Gasteiger partial charge in [-0.3, -0.25) is 0 Å². The van der Waals surface area contributed by atoms with E-state index in [-0.39, 0.29) is 11.3 Å². The molecule has 0 aromatic heterocycles. The molecule has 1 atom stereocenters. The van der Waals surface area contributed by atoms with Gasteiger partial charge in [-0.1, -0.05) is 11.6 Å². The molecule has 0 saturated heterocycles. The number of rotatable bonds is 3. The van der Waals surface area contributed by atoms with Crippen molar-refractivity contribution in [3.8, 4) is 11.5 Å². The summed E-state index contributed by atoms with van der Waals surface area (Å²) >= 11 is 5.79. The van der Waals surface area contributed by atoms with Gasteiger partial charge >= 0.3 is 0 Å². The molecule has 0 bridgehead atoms. The van der Waals surface area contributed by atoms with Crippen LogP contribution in [-0.4, -0.2) is 18.9 Å². The lowest BCUT2D eigenvalue weighted by atomic mass is 10.1. The highest BCUT2D eigenvalue weighted by molar-refractivity contribution is 6.32. The van der Waals surface area contributed by atoms with Crippen molar-refractivity contribution >= 4 is 11.6 Å². The van der Waals surface area contributed by atoms with E-state index in [0.717, 1.165) is 0 Å². The van der Waals surface area contributed by atoms with Crippen LogP contribution in [0.5, 0.6) is 11.5 Å². The number of alkyl halides is 1. The summed E-state index contributed by atoms with van der Waals surface area (Å²) in [5.41, 5.74) is 5.70. The third-order valence-corrected chi connectivity index (χ3v) is 2.16. The van der Waals surface area contributed by atoms with E-state index in [2.05, 4.69) is 0 Å². The van der Waals surface area contributed by atoms with Crippen LogP contribution in [0.4, 0.5) is 4.39 Å². The van der Waals surface area contributed by atoms with Gasteiger partial charge in [0.2, 0.25) is 0 Å². The zero-order chi connectivity index (χ0) is 10.7. The molecule has 14 heavy (non-hydrogen) atoms. The Labute approximate surface area is 86.2 Å². The molecule has 0 unspecified atom stereocenters. The van der Waals surface area contributed by atoms with Crippen LogP contribution in [-0.2, 0) is 0 Å². The summed E-state index contributed by atoms with van der Waals surface area (Å²) in [6, 6.07) is 1.85. The van der Waals surface area contributed by atoms with Gasteiger partial charge in [-0.2, -0.15) is 0 Å². The van der Waals surface area contributed by atoms with Crippen LogP contribution in [0.1, 0.15) is 11.6 Å². The molecule has 0 saturated carbocycles. The minimum absolute atomic E-state index is 0.114. The van der Waals surface area contributed by atoms with Crippen LogP contribution >= 0.6 is 11.6 Å². The highest BCUT2D eigenvalue weighted by atomic mass is 35.5. The van der Waals surface area contributed by atoms with Crippen LogP contribution in [0.2, 0.25) is 5.02 Å². The molecule has 0 aliphatic heterocycles. The Kier molecular flexibility index (Phi) is 3.55. The number of ether oxygens (including phenoxy) is 1. The summed E-state index contributed by atoms with van der Waals surface area (Å²) in [4.78, 5) is 0. The first-order valence-electron chi connectivity index (χ1n) is 3.98. The normalized spacial score (nSPS) is 12.6. The Morgan fingerprint density at radius 3 is 2.79 bits per heavy atom. The summed E-state index contributed by atoms with van der Waals surface area (Å²) < 4.78 is 17.1. The lowest BCUT2D eigenvalue weighted by Gasteiger charge is -2.12. The van der Waals surface area contributed by atoms with Crippen molar-refractivity contribution < 1.29 is 14.2 Å². The summed E-state index contributed by atoms with van der Waals surface area (Å²) in [6.45, 7) is -0.754. The highest BCUT2D eigenvalue weighted by Crippen LogP contribution is 2.34. The molecule has 78 valence electrons. The third kappa shape index (κ3) is 2.08. The first kappa shape index (κ1) is 11.1. The van der Waals surface area contributed by atoms with Crippen molar-refractivity contribution in [1.29, 1.82) is 0 Å². The average molecular weight is 220 g/mol. The van der Waals surface area contributed by atoms with E-state index >= 15 is 0 Å². The summed E-state index contributed by atoms with van der Waals surface area (Å²) in [5.74, 6) is 0.218. The van der Waals surface area contributed by atoms with E-state index in [1.54, 1.807) is 0 Å². The topological polar surface area (TPSA) is 55.5 Å². The van der Waals surface area contributed by atoms with E-state index in [4.69, 9.17) is 22.1 Å². The predicted molar refractivity (Wildman–Crippen MR) is 52.6 cm³/mol. The number of aromatic hydroxyl groups is 1. The molecule has 0 radical (unpaired) electrons. The van der Waals surface area contributed by atoms with Gasteiger partial charge < -0.3 is 15.6 Å². The first-order chi connectivity index (χ1) is 6.60. The Morgan fingerprint density at radius 1 is 1.64 bits per heavy atom. The molecule has 1 aromatic carbocycles. The maximum Gasteiger partial charge on any atom is 0.141 e. The average Bonchev–Trinajstić information content (AvgIpc) is 2.19. The fourth-order valence-electron chi connectivity index (χ4n) is 1.09. The molecule has 0 aliphatic rings. The Bertz CT molecular complexity index is 333. The van der Waals surface area contributed by atoms with Crippen molar-refractivity contribution in [3.05, 3.63) is 22.7 Å².